The van der Waals surface area contributed by atoms with Crippen molar-refractivity contribution in [2.75, 3.05) is 5.32 Å². The molecule has 1 unspecified atom stereocenters. The van der Waals surface area contributed by atoms with Crippen molar-refractivity contribution < 1.29 is 4.79 Å². The Kier molecular flexibility index (Phi) is 6.67. The number of hydrogen-bond acceptors (Lipinski definition) is 1. The fraction of sp³-hybridized carbons (Fsp3) is 0.350. The van der Waals surface area contributed by atoms with E-state index >= 15 is 0 Å². The molecule has 2 amide bonds. The Balaban J connectivity index is 1.91. The molecule has 0 fully saturated rings. The molecule has 0 aliphatic heterocycles. The number of anilines is 1. The number of carbonyl (C=O) groups excluding carboxylic acids is 1. The molecule has 2 aromatic carbocycles. The van der Waals surface area contributed by atoms with Crippen molar-refractivity contribution in [2.45, 2.75) is 45.6 Å². The Hall–Kier alpha value is -2.29. The molecule has 0 aliphatic rings. The van der Waals surface area contributed by atoms with Gasteiger partial charge >= 0.3 is 6.03 Å². The molecule has 3 heteroatoms. The van der Waals surface area contributed by atoms with Gasteiger partial charge in [0.1, 0.15) is 0 Å². The van der Waals surface area contributed by atoms with Gasteiger partial charge in [-0.05, 0) is 42.5 Å². The number of carbonyl (C=O) groups is 1. The zero-order valence-electron chi connectivity index (χ0n) is 14.0. The van der Waals surface area contributed by atoms with E-state index in [4.69, 9.17) is 0 Å². The Labute approximate surface area is 139 Å². The summed E-state index contributed by atoms with van der Waals surface area (Å²) in [6.45, 7) is 4.26. The standard InChI is InChI=1S/C20H26N2O/c1-3-5-9-16-12-14-18(15-13-16)21-20(23)22-19(4-2)17-10-7-6-8-11-17/h6-8,10-15,19H,3-5,9H2,1-2H3,(H2,21,22,23). The summed E-state index contributed by atoms with van der Waals surface area (Å²) in [5.41, 5.74) is 3.26. The summed E-state index contributed by atoms with van der Waals surface area (Å²) in [5, 5.41) is 5.94. The number of unbranched alkanes of at least 4 members (excludes halogenated alkanes) is 1. The molecule has 2 rings (SSSR count). The fourth-order valence-corrected chi connectivity index (χ4v) is 2.57. The number of aryl methyl sites for hydroxylation is 1. The van der Waals surface area contributed by atoms with Crippen molar-refractivity contribution in [2.24, 2.45) is 0 Å². The van der Waals surface area contributed by atoms with Crippen LogP contribution in [0.1, 0.15) is 50.3 Å². The summed E-state index contributed by atoms with van der Waals surface area (Å²) >= 11 is 0. The van der Waals surface area contributed by atoms with Gasteiger partial charge in [-0.1, -0.05) is 62.7 Å². The highest BCUT2D eigenvalue weighted by Gasteiger charge is 2.12. The SMILES string of the molecule is CCCCc1ccc(NC(=O)NC(CC)c2ccccc2)cc1. The van der Waals surface area contributed by atoms with Crippen LogP contribution < -0.4 is 10.6 Å². The molecule has 1 atom stereocenters. The van der Waals surface area contributed by atoms with Crippen molar-refractivity contribution in [3.63, 3.8) is 0 Å². The molecule has 0 spiro atoms. The van der Waals surface area contributed by atoms with Crippen molar-refractivity contribution in [1.82, 2.24) is 5.32 Å². The fourth-order valence-electron chi connectivity index (χ4n) is 2.57. The van der Waals surface area contributed by atoms with Crippen LogP contribution in [0.4, 0.5) is 10.5 Å². The van der Waals surface area contributed by atoms with E-state index in [2.05, 4.69) is 36.6 Å². The predicted octanol–water partition coefficient (Wildman–Crippen LogP) is 5.30. The van der Waals surface area contributed by atoms with Gasteiger partial charge in [-0.3, -0.25) is 0 Å². The third-order valence-corrected chi connectivity index (χ3v) is 3.95. The van der Waals surface area contributed by atoms with Crippen LogP contribution in [0.2, 0.25) is 0 Å². The van der Waals surface area contributed by atoms with Gasteiger partial charge in [0.2, 0.25) is 0 Å². The van der Waals surface area contributed by atoms with Gasteiger partial charge in [0.15, 0.2) is 0 Å². The zero-order valence-corrected chi connectivity index (χ0v) is 14.0. The van der Waals surface area contributed by atoms with Crippen molar-refractivity contribution >= 4 is 11.7 Å². The lowest BCUT2D eigenvalue weighted by molar-refractivity contribution is 0.248. The third kappa shape index (κ3) is 5.44. The Morgan fingerprint density at radius 1 is 1.00 bits per heavy atom. The van der Waals surface area contributed by atoms with Crippen molar-refractivity contribution in [3.8, 4) is 0 Å². The number of nitrogens with one attached hydrogen (secondary N) is 2. The van der Waals surface area contributed by atoms with Crippen LogP contribution in [-0.2, 0) is 6.42 Å². The van der Waals surface area contributed by atoms with Crippen LogP contribution in [-0.4, -0.2) is 6.03 Å². The molecule has 2 aromatic rings. The third-order valence-electron chi connectivity index (χ3n) is 3.95. The second-order valence-corrected chi connectivity index (χ2v) is 5.77. The van der Waals surface area contributed by atoms with Gasteiger partial charge in [0.25, 0.3) is 0 Å². The molecule has 0 aromatic heterocycles. The van der Waals surface area contributed by atoms with E-state index < -0.39 is 0 Å². The largest absolute Gasteiger partial charge is 0.331 e. The molecule has 122 valence electrons. The van der Waals surface area contributed by atoms with E-state index in [-0.39, 0.29) is 12.1 Å². The molecule has 0 heterocycles. The average Bonchev–Trinajstić information content (AvgIpc) is 2.60. The molecule has 23 heavy (non-hydrogen) atoms. The second kappa shape index (κ2) is 8.99. The number of rotatable bonds is 7. The summed E-state index contributed by atoms with van der Waals surface area (Å²) in [6, 6.07) is 18.0. The second-order valence-electron chi connectivity index (χ2n) is 5.77. The summed E-state index contributed by atoms with van der Waals surface area (Å²) in [7, 11) is 0. The van der Waals surface area contributed by atoms with Crippen molar-refractivity contribution in [1.29, 1.82) is 0 Å². The van der Waals surface area contributed by atoms with Crippen LogP contribution in [0.5, 0.6) is 0 Å². The van der Waals surface area contributed by atoms with Crippen molar-refractivity contribution in [3.05, 3.63) is 65.7 Å². The minimum atomic E-state index is -0.165. The lowest BCUT2D eigenvalue weighted by atomic mass is 10.1. The van der Waals surface area contributed by atoms with E-state index in [1.165, 1.54) is 18.4 Å². The van der Waals surface area contributed by atoms with Gasteiger partial charge in [-0.25, -0.2) is 4.79 Å². The van der Waals surface area contributed by atoms with Gasteiger partial charge in [-0.15, -0.1) is 0 Å². The van der Waals surface area contributed by atoms with E-state index in [0.29, 0.717) is 0 Å². The molecule has 0 aliphatic carbocycles. The molecule has 0 bridgehead atoms. The highest BCUT2D eigenvalue weighted by molar-refractivity contribution is 5.89. The van der Waals surface area contributed by atoms with Crippen LogP contribution in [0.15, 0.2) is 54.6 Å². The number of benzene rings is 2. The molecule has 2 N–H and O–H groups in total. The van der Waals surface area contributed by atoms with E-state index in [1.54, 1.807) is 0 Å². The Bertz CT molecular complexity index is 593. The topological polar surface area (TPSA) is 41.1 Å². The predicted molar refractivity (Wildman–Crippen MR) is 96.7 cm³/mol. The summed E-state index contributed by atoms with van der Waals surface area (Å²) in [5.74, 6) is 0. The molecule has 0 radical (unpaired) electrons. The zero-order chi connectivity index (χ0) is 16.5. The van der Waals surface area contributed by atoms with Gasteiger partial charge < -0.3 is 10.6 Å². The molecular formula is C20H26N2O. The maximum absolute atomic E-state index is 12.2. The smallest absolute Gasteiger partial charge is 0.319 e. The first-order valence-electron chi connectivity index (χ1n) is 8.44. The highest BCUT2D eigenvalue weighted by Crippen LogP contribution is 2.17. The van der Waals surface area contributed by atoms with Gasteiger partial charge in [0, 0.05) is 5.69 Å². The minimum Gasteiger partial charge on any atom is -0.331 e. The molecule has 0 saturated heterocycles. The first kappa shape index (κ1) is 17.1. The van der Waals surface area contributed by atoms with Crippen LogP contribution in [0, 0.1) is 0 Å². The number of amides is 2. The molecular weight excluding hydrogens is 284 g/mol. The average molecular weight is 310 g/mol. The normalized spacial score (nSPS) is 11.7. The van der Waals surface area contributed by atoms with E-state index in [1.807, 2.05) is 42.5 Å². The number of urea groups is 1. The quantitative estimate of drug-likeness (QED) is 0.715. The summed E-state index contributed by atoms with van der Waals surface area (Å²) < 4.78 is 0. The maximum atomic E-state index is 12.2. The minimum absolute atomic E-state index is 0.0278. The Morgan fingerprint density at radius 2 is 1.70 bits per heavy atom. The van der Waals surface area contributed by atoms with E-state index in [0.717, 1.165) is 24.1 Å². The monoisotopic (exact) mass is 310 g/mol. The first-order valence-corrected chi connectivity index (χ1v) is 8.44. The summed E-state index contributed by atoms with van der Waals surface area (Å²) in [4.78, 5) is 12.2. The summed E-state index contributed by atoms with van der Waals surface area (Å²) in [6.07, 6.45) is 4.34. The first-order chi connectivity index (χ1) is 11.2. The number of hydrogen-bond donors (Lipinski definition) is 2. The molecule has 3 nitrogen and oxygen atoms in total. The maximum Gasteiger partial charge on any atom is 0.319 e. The lowest BCUT2D eigenvalue weighted by Gasteiger charge is -2.18. The van der Waals surface area contributed by atoms with Gasteiger partial charge in [0.05, 0.1) is 6.04 Å². The van der Waals surface area contributed by atoms with Crippen LogP contribution in [0.3, 0.4) is 0 Å². The van der Waals surface area contributed by atoms with Crippen LogP contribution >= 0.6 is 0 Å². The van der Waals surface area contributed by atoms with Crippen LogP contribution in [0.25, 0.3) is 0 Å². The Morgan fingerprint density at radius 3 is 2.30 bits per heavy atom. The molecule has 0 saturated carbocycles. The highest BCUT2D eigenvalue weighted by atomic mass is 16.2. The lowest BCUT2D eigenvalue weighted by Crippen LogP contribution is -2.32. The van der Waals surface area contributed by atoms with E-state index in [9.17, 15) is 4.79 Å². The van der Waals surface area contributed by atoms with Gasteiger partial charge in [-0.2, -0.15) is 0 Å².